The Balaban J connectivity index is 3.82. The Labute approximate surface area is 83.2 Å². The fourth-order valence-electron chi connectivity index (χ4n) is 0.756. The molecule has 1 nitrogen and oxygen atoms in total. The van der Waals surface area contributed by atoms with Crippen LogP contribution in [0.25, 0.3) is 0 Å². The van der Waals surface area contributed by atoms with E-state index in [0.717, 1.165) is 6.92 Å². The van der Waals surface area contributed by atoms with Crippen LogP contribution >= 0.6 is 12.2 Å². The van der Waals surface area contributed by atoms with E-state index in [1.807, 2.05) is 0 Å². The molecule has 0 heterocycles. The van der Waals surface area contributed by atoms with Gasteiger partial charge in [-0.15, -0.1) is 0 Å². The molecule has 0 aromatic carbocycles. The molecule has 0 amide bonds. The summed E-state index contributed by atoms with van der Waals surface area (Å²) in [5.74, 6) is 0. The van der Waals surface area contributed by atoms with Crippen LogP contribution < -0.4 is 0 Å². The van der Waals surface area contributed by atoms with Crippen LogP contribution in [0, 0.1) is 0 Å². The quantitative estimate of drug-likeness (QED) is 0.544. The highest BCUT2D eigenvalue weighted by Gasteiger charge is 2.34. The Bertz CT molecular complexity index is 201. The maximum Gasteiger partial charge on any atom is 0.398 e. The van der Waals surface area contributed by atoms with Gasteiger partial charge in [0.15, 0.2) is 5.05 Å². The van der Waals surface area contributed by atoms with Crippen molar-refractivity contribution in [1.29, 1.82) is 0 Å². The first-order valence-corrected chi connectivity index (χ1v) is 4.17. The summed E-state index contributed by atoms with van der Waals surface area (Å²) in [7, 11) is 0. The number of thiocarbonyl (C=S) groups is 1. The van der Waals surface area contributed by atoms with Gasteiger partial charge in [-0.25, -0.2) is 0 Å². The van der Waals surface area contributed by atoms with Crippen molar-refractivity contribution >= 4 is 17.3 Å². The maximum atomic E-state index is 12.6. The summed E-state index contributed by atoms with van der Waals surface area (Å²) >= 11 is 4.24. The molecule has 14 heavy (non-hydrogen) atoms. The predicted molar refractivity (Wildman–Crippen MR) is 44.2 cm³/mol. The van der Waals surface area contributed by atoms with Gasteiger partial charge in [-0.1, -0.05) is 0 Å². The van der Waals surface area contributed by atoms with E-state index in [-0.39, 0.29) is 5.05 Å². The fourth-order valence-corrected chi connectivity index (χ4v) is 0.878. The molecular formula is C7H9F5OS. The summed E-state index contributed by atoms with van der Waals surface area (Å²) in [6, 6.07) is 0. The number of halogens is 5. The molecule has 84 valence electrons. The Kier molecular flexibility index (Phi) is 4.70. The Morgan fingerprint density at radius 1 is 1.14 bits per heavy atom. The monoisotopic (exact) mass is 236 g/mol. The molecule has 0 radical (unpaired) electrons. The predicted octanol–water partition coefficient (Wildman–Crippen LogP) is 3.68. The Morgan fingerprint density at radius 3 is 2.00 bits per heavy atom. The number of alkyl halides is 5. The van der Waals surface area contributed by atoms with Crippen LogP contribution in [0.1, 0.15) is 26.2 Å². The second-order valence-electron chi connectivity index (χ2n) is 2.70. The van der Waals surface area contributed by atoms with E-state index >= 15 is 0 Å². The van der Waals surface area contributed by atoms with Crippen molar-refractivity contribution in [1.82, 2.24) is 0 Å². The molecule has 0 spiro atoms. The molecule has 0 fully saturated rings. The summed E-state index contributed by atoms with van der Waals surface area (Å²) in [6.07, 6.45) is -10.9. The van der Waals surface area contributed by atoms with Crippen molar-refractivity contribution in [3.8, 4) is 0 Å². The van der Waals surface area contributed by atoms with Crippen molar-refractivity contribution in [2.24, 2.45) is 0 Å². The third kappa shape index (κ3) is 8.15. The fraction of sp³-hybridized carbons (Fsp3) is 0.857. The minimum atomic E-state index is -4.41. The average molecular weight is 236 g/mol. The second kappa shape index (κ2) is 4.86. The topological polar surface area (TPSA) is 9.23 Å². The van der Waals surface area contributed by atoms with Crippen molar-refractivity contribution < 1.29 is 26.7 Å². The first-order valence-electron chi connectivity index (χ1n) is 3.76. The van der Waals surface area contributed by atoms with Gasteiger partial charge >= 0.3 is 12.3 Å². The van der Waals surface area contributed by atoms with E-state index in [9.17, 15) is 22.0 Å². The highest BCUT2D eigenvalue weighted by Crippen LogP contribution is 2.28. The van der Waals surface area contributed by atoms with Gasteiger partial charge in [0.2, 0.25) is 0 Å². The first kappa shape index (κ1) is 13.5. The van der Waals surface area contributed by atoms with Gasteiger partial charge in [0.05, 0.1) is 6.42 Å². The van der Waals surface area contributed by atoms with Crippen LogP contribution in [-0.4, -0.2) is 17.3 Å². The molecular weight excluding hydrogens is 227 g/mol. The summed E-state index contributed by atoms with van der Waals surface area (Å²) in [4.78, 5) is 0. The zero-order valence-electron chi connectivity index (χ0n) is 7.33. The Hall–Kier alpha value is -0.460. The normalized spacial score (nSPS) is 12.7. The minimum Gasteiger partial charge on any atom is -0.426 e. The number of ether oxygens (including phenoxy) is 1. The SMILES string of the molecule is CC(=S)OC(F)(F)CCCC(F)(F)F. The average Bonchev–Trinajstić information content (AvgIpc) is 1.78. The van der Waals surface area contributed by atoms with Crippen molar-refractivity contribution in [2.75, 3.05) is 0 Å². The van der Waals surface area contributed by atoms with Crippen molar-refractivity contribution in [3.05, 3.63) is 0 Å². The third-order valence-corrected chi connectivity index (χ3v) is 1.30. The molecule has 0 rings (SSSR count). The molecule has 0 unspecified atom stereocenters. The van der Waals surface area contributed by atoms with E-state index < -0.39 is 31.5 Å². The maximum absolute atomic E-state index is 12.6. The van der Waals surface area contributed by atoms with Crippen LogP contribution in [0.2, 0.25) is 0 Å². The van der Waals surface area contributed by atoms with Gasteiger partial charge in [-0.05, 0) is 18.6 Å². The lowest BCUT2D eigenvalue weighted by molar-refractivity contribution is -0.196. The highest BCUT2D eigenvalue weighted by molar-refractivity contribution is 7.80. The lowest BCUT2D eigenvalue weighted by Crippen LogP contribution is -2.23. The van der Waals surface area contributed by atoms with E-state index in [0.29, 0.717) is 0 Å². The summed E-state index contributed by atoms with van der Waals surface area (Å²) in [5, 5.41) is -0.387. The van der Waals surface area contributed by atoms with Crippen LogP contribution in [0.3, 0.4) is 0 Å². The third-order valence-electron chi connectivity index (χ3n) is 1.22. The molecule has 0 aromatic rings. The highest BCUT2D eigenvalue weighted by atomic mass is 32.1. The summed E-state index contributed by atoms with van der Waals surface area (Å²) in [5.41, 5.74) is 0. The summed E-state index contributed by atoms with van der Waals surface area (Å²) in [6.45, 7) is 1.13. The van der Waals surface area contributed by atoms with Crippen LogP contribution in [0.15, 0.2) is 0 Å². The van der Waals surface area contributed by atoms with Gasteiger partial charge in [0, 0.05) is 13.3 Å². The van der Waals surface area contributed by atoms with Crippen LogP contribution in [0.4, 0.5) is 22.0 Å². The molecule has 0 saturated carbocycles. The van der Waals surface area contributed by atoms with Gasteiger partial charge in [0.25, 0.3) is 0 Å². The largest absolute Gasteiger partial charge is 0.426 e. The second-order valence-corrected chi connectivity index (χ2v) is 3.27. The van der Waals surface area contributed by atoms with Crippen molar-refractivity contribution in [2.45, 2.75) is 38.5 Å². The summed E-state index contributed by atoms with van der Waals surface area (Å²) < 4.78 is 63.8. The van der Waals surface area contributed by atoms with Gasteiger partial charge in [-0.3, -0.25) is 0 Å². The molecule has 0 aromatic heterocycles. The molecule has 0 bridgehead atoms. The molecule has 0 aliphatic carbocycles. The molecule has 0 N–H and O–H groups in total. The molecule has 0 aliphatic heterocycles. The van der Waals surface area contributed by atoms with Crippen LogP contribution in [-0.2, 0) is 4.74 Å². The first-order chi connectivity index (χ1) is 6.12. The smallest absolute Gasteiger partial charge is 0.398 e. The van der Waals surface area contributed by atoms with Crippen LogP contribution in [0.5, 0.6) is 0 Å². The zero-order chi connectivity index (χ0) is 11.4. The number of rotatable bonds is 4. The standard InChI is InChI=1S/C7H9F5OS/c1-5(14)13-7(11,12)4-2-3-6(8,9)10/h2-4H2,1H3. The Morgan fingerprint density at radius 2 is 1.64 bits per heavy atom. The number of hydrogen-bond donors (Lipinski definition) is 0. The molecule has 0 atom stereocenters. The molecule has 7 heteroatoms. The van der Waals surface area contributed by atoms with Gasteiger partial charge in [0.1, 0.15) is 0 Å². The lowest BCUT2D eigenvalue weighted by Gasteiger charge is -2.16. The minimum absolute atomic E-state index is 0.387. The molecule has 0 saturated heterocycles. The van der Waals surface area contributed by atoms with E-state index in [2.05, 4.69) is 17.0 Å². The van der Waals surface area contributed by atoms with E-state index in [1.165, 1.54) is 0 Å². The zero-order valence-corrected chi connectivity index (χ0v) is 8.14. The van der Waals surface area contributed by atoms with Gasteiger partial charge in [-0.2, -0.15) is 22.0 Å². The van der Waals surface area contributed by atoms with Gasteiger partial charge < -0.3 is 4.74 Å². The van der Waals surface area contributed by atoms with E-state index in [1.54, 1.807) is 0 Å². The number of hydrogen-bond acceptors (Lipinski definition) is 2. The van der Waals surface area contributed by atoms with E-state index in [4.69, 9.17) is 0 Å². The van der Waals surface area contributed by atoms with Crippen molar-refractivity contribution in [3.63, 3.8) is 0 Å². The molecule has 0 aliphatic rings. The lowest BCUT2D eigenvalue weighted by atomic mass is 10.2.